The second-order valence-electron chi connectivity index (χ2n) is 5.88. The van der Waals surface area contributed by atoms with E-state index >= 15 is 0 Å². The predicted molar refractivity (Wildman–Crippen MR) is 81.5 cm³/mol. The van der Waals surface area contributed by atoms with Crippen molar-refractivity contribution in [2.75, 3.05) is 6.54 Å². The number of aryl methyl sites for hydroxylation is 1. The van der Waals surface area contributed by atoms with Crippen LogP contribution in [0.1, 0.15) is 30.0 Å². The Morgan fingerprint density at radius 2 is 1.75 bits per heavy atom. The first-order valence-corrected chi connectivity index (χ1v) is 7.18. The van der Waals surface area contributed by atoms with E-state index in [0.717, 1.165) is 18.4 Å². The number of hydrogen-bond donors (Lipinski definition) is 2. The number of hydrogen-bond acceptors (Lipinski definition) is 2. The molecular weight excluding hydrogens is 246 g/mol. The smallest absolute Gasteiger partial charge is 0.0977 e. The Morgan fingerprint density at radius 3 is 2.45 bits per heavy atom. The molecule has 0 spiro atoms. The maximum Gasteiger partial charge on any atom is 0.0977 e. The zero-order valence-electron chi connectivity index (χ0n) is 11.8. The SMILES string of the molecule is CC(O)(c1ccccc1)C1(CN)CCc2ccccc21. The molecule has 1 aliphatic rings. The van der Waals surface area contributed by atoms with E-state index in [-0.39, 0.29) is 0 Å². The molecule has 0 amide bonds. The van der Waals surface area contributed by atoms with Gasteiger partial charge in [0.05, 0.1) is 5.60 Å². The van der Waals surface area contributed by atoms with Gasteiger partial charge in [0, 0.05) is 12.0 Å². The molecule has 0 saturated heterocycles. The Labute approximate surface area is 120 Å². The van der Waals surface area contributed by atoms with Gasteiger partial charge in [0.25, 0.3) is 0 Å². The van der Waals surface area contributed by atoms with Crippen molar-refractivity contribution in [1.29, 1.82) is 0 Å². The van der Waals surface area contributed by atoms with E-state index in [0.29, 0.717) is 6.54 Å². The third-order valence-corrected chi connectivity index (χ3v) is 4.97. The van der Waals surface area contributed by atoms with E-state index < -0.39 is 11.0 Å². The summed E-state index contributed by atoms with van der Waals surface area (Å²) < 4.78 is 0. The summed E-state index contributed by atoms with van der Waals surface area (Å²) in [6.45, 7) is 2.35. The molecule has 3 rings (SSSR count). The average Bonchev–Trinajstić information content (AvgIpc) is 2.88. The molecule has 0 fully saturated rings. The van der Waals surface area contributed by atoms with Crippen LogP contribution in [-0.2, 0) is 17.4 Å². The number of benzene rings is 2. The lowest BCUT2D eigenvalue weighted by atomic mass is 9.66. The first-order valence-electron chi connectivity index (χ1n) is 7.18. The molecule has 1 aliphatic carbocycles. The van der Waals surface area contributed by atoms with Gasteiger partial charge in [-0.25, -0.2) is 0 Å². The van der Waals surface area contributed by atoms with E-state index in [1.807, 2.05) is 43.3 Å². The summed E-state index contributed by atoms with van der Waals surface area (Å²) in [4.78, 5) is 0. The van der Waals surface area contributed by atoms with Gasteiger partial charge in [-0.15, -0.1) is 0 Å². The quantitative estimate of drug-likeness (QED) is 0.898. The van der Waals surface area contributed by atoms with Gasteiger partial charge in [0.15, 0.2) is 0 Å². The van der Waals surface area contributed by atoms with Crippen molar-refractivity contribution in [1.82, 2.24) is 0 Å². The zero-order valence-corrected chi connectivity index (χ0v) is 11.8. The molecule has 20 heavy (non-hydrogen) atoms. The third-order valence-electron chi connectivity index (χ3n) is 4.97. The molecule has 0 aliphatic heterocycles. The Balaban J connectivity index is 2.16. The van der Waals surface area contributed by atoms with Gasteiger partial charge >= 0.3 is 0 Å². The van der Waals surface area contributed by atoms with Crippen molar-refractivity contribution in [3.8, 4) is 0 Å². The zero-order chi connectivity index (χ0) is 14.2. The minimum atomic E-state index is -0.963. The standard InChI is InChI=1S/C18H21NO/c1-17(20,15-8-3-2-4-9-15)18(13-19)12-11-14-7-5-6-10-16(14)18/h2-10,20H,11-13,19H2,1H3. The van der Waals surface area contributed by atoms with Gasteiger partial charge in [0.1, 0.15) is 0 Å². The van der Waals surface area contributed by atoms with Gasteiger partial charge in [-0.1, -0.05) is 54.6 Å². The van der Waals surface area contributed by atoms with Gasteiger partial charge in [-0.05, 0) is 36.5 Å². The fraction of sp³-hybridized carbons (Fsp3) is 0.333. The minimum Gasteiger partial charge on any atom is -0.384 e. The number of aliphatic hydroxyl groups is 1. The van der Waals surface area contributed by atoms with Crippen LogP contribution in [0.3, 0.4) is 0 Å². The largest absolute Gasteiger partial charge is 0.384 e. The molecule has 2 nitrogen and oxygen atoms in total. The van der Waals surface area contributed by atoms with Crippen LogP contribution in [0.4, 0.5) is 0 Å². The molecule has 2 aromatic carbocycles. The molecule has 2 atom stereocenters. The lowest BCUT2D eigenvalue weighted by molar-refractivity contribution is -0.0259. The third kappa shape index (κ3) is 1.72. The number of rotatable bonds is 3. The molecule has 0 heterocycles. The molecule has 3 N–H and O–H groups in total. The maximum atomic E-state index is 11.3. The molecule has 0 bridgehead atoms. The molecule has 0 aromatic heterocycles. The van der Waals surface area contributed by atoms with Crippen molar-refractivity contribution in [3.63, 3.8) is 0 Å². The summed E-state index contributed by atoms with van der Waals surface area (Å²) in [6, 6.07) is 18.2. The number of fused-ring (bicyclic) bond motifs is 1. The van der Waals surface area contributed by atoms with Crippen LogP contribution in [0.2, 0.25) is 0 Å². The molecule has 2 aromatic rings. The molecule has 2 unspecified atom stereocenters. The van der Waals surface area contributed by atoms with Crippen LogP contribution < -0.4 is 5.73 Å². The fourth-order valence-electron chi connectivity index (χ4n) is 3.64. The summed E-state index contributed by atoms with van der Waals surface area (Å²) >= 11 is 0. The number of nitrogens with two attached hydrogens (primary N) is 1. The predicted octanol–water partition coefficient (Wildman–Crippen LogP) is 2.74. The van der Waals surface area contributed by atoms with Gasteiger partial charge in [0.2, 0.25) is 0 Å². The van der Waals surface area contributed by atoms with Gasteiger partial charge < -0.3 is 10.8 Å². The normalized spacial score (nSPS) is 24.1. The second kappa shape index (κ2) is 4.72. The van der Waals surface area contributed by atoms with Crippen LogP contribution in [0.15, 0.2) is 54.6 Å². The molecule has 2 heteroatoms. The van der Waals surface area contributed by atoms with Crippen LogP contribution in [0.5, 0.6) is 0 Å². The Morgan fingerprint density at radius 1 is 1.10 bits per heavy atom. The molecule has 0 saturated carbocycles. The van der Waals surface area contributed by atoms with E-state index in [1.54, 1.807) is 0 Å². The summed E-state index contributed by atoms with van der Waals surface area (Å²) in [6.07, 6.45) is 1.88. The van der Waals surface area contributed by atoms with Crippen LogP contribution >= 0.6 is 0 Å². The lowest BCUT2D eigenvalue weighted by Gasteiger charge is -2.43. The second-order valence-corrected chi connectivity index (χ2v) is 5.88. The topological polar surface area (TPSA) is 46.2 Å². The highest BCUT2D eigenvalue weighted by atomic mass is 16.3. The Kier molecular flexibility index (Phi) is 3.15. The molecule has 0 radical (unpaired) electrons. The van der Waals surface area contributed by atoms with Crippen LogP contribution in [0.25, 0.3) is 0 Å². The molecule has 104 valence electrons. The average molecular weight is 267 g/mol. The highest BCUT2D eigenvalue weighted by Gasteiger charge is 2.51. The van der Waals surface area contributed by atoms with Crippen LogP contribution in [0, 0.1) is 0 Å². The first kappa shape index (κ1) is 13.3. The van der Waals surface area contributed by atoms with E-state index in [4.69, 9.17) is 5.73 Å². The van der Waals surface area contributed by atoms with E-state index in [2.05, 4.69) is 18.2 Å². The van der Waals surface area contributed by atoms with Gasteiger partial charge in [-0.3, -0.25) is 0 Å². The maximum absolute atomic E-state index is 11.3. The van der Waals surface area contributed by atoms with Crippen molar-refractivity contribution >= 4 is 0 Å². The summed E-state index contributed by atoms with van der Waals surface area (Å²) in [5.74, 6) is 0. The van der Waals surface area contributed by atoms with E-state index in [1.165, 1.54) is 11.1 Å². The van der Waals surface area contributed by atoms with Gasteiger partial charge in [-0.2, -0.15) is 0 Å². The first-order chi connectivity index (χ1) is 9.62. The minimum absolute atomic E-state index is 0.398. The summed E-state index contributed by atoms with van der Waals surface area (Å²) in [5.41, 5.74) is 8.24. The van der Waals surface area contributed by atoms with Crippen molar-refractivity contribution in [2.45, 2.75) is 30.8 Å². The van der Waals surface area contributed by atoms with E-state index in [9.17, 15) is 5.11 Å². The highest BCUT2D eigenvalue weighted by Crippen LogP contribution is 2.50. The highest BCUT2D eigenvalue weighted by molar-refractivity contribution is 5.45. The lowest BCUT2D eigenvalue weighted by Crippen LogP contribution is -2.50. The van der Waals surface area contributed by atoms with Crippen molar-refractivity contribution in [3.05, 3.63) is 71.3 Å². The van der Waals surface area contributed by atoms with Crippen molar-refractivity contribution in [2.24, 2.45) is 5.73 Å². The Hall–Kier alpha value is -1.64. The summed E-state index contributed by atoms with van der Waals surface area (Å²) in [5, 5.41) is 11.3. The van der Waals surface area contributed by atoms with Crippen molar-refractivity contribution < 1.29 is 5.11 Å². The Bertz CT molecular complexity index is 606. The van der Waals surface area contributed by atoms with Crippen LogP contribution in [-0.4, -0.2) is 11.7 Å². The monoisotopic (exact) mass is 267 g/mol. The summed E-state index contributed by atoms with van der Waals surface area (Å²) in [7, 11) is 0. The fourth-order valence-corrected chi connectivity index (χ4v) is 3.64. The molecular formula is C18H21NO.